The Balaban J connectivity index is 1.28. The van der Waals surface area contributed by atoms with Gasteiger partial charge in [-0.25, -0.2) is 0 Å². The van der Waals surface area contributed by atoms with Crippen LogP contribution in [-0.2, 0) is 20.9 Å². The molecular formula is C29H33N5O5. The highest BCUT2D eigenvalue weighted by Gasteiger charge is 2.39. The van der Waals surface area contributed by atoms with E-state index in [0.717, 1.165) is 16.5 Å². The summed E-state index contributed by atoms with van der Waals surface area (Å²) in [6.45, 7) is 1.15. The van der Waals surface area contributed by atoms with Gasteiger partial charge in [0, 0.05) is 36.5 Å². The number of nitrogens with one attached hydrogen (secondary N) is 4. The third-order valence-corrected chi connectivity index (χ3v) is 7.56. The molecule has 3 aromatic rings. The summed E-state index contributed by atoms with van der Waals surface area (Å²) in [7, 11) is 0. The number of aromatic amines is 1. The Morgan fingerprint density at radius 3 is 2.56 bits per heavy atom. The van der Waals surface area contributed by atoms with Crippen molar-refractivity contribution in [1.29, 1.82) is 0 Å². The average molecular weight is 532 g/mol. The second-order valence-corrected chi connectivity index (χ2v) is 10.2. The van der Waals surface area contributed by atoms with E-state index in [0.29, 0.717) is 38.0 Å². The first kappa shape index (κ1) is 26.4. The van der Waals surface area contributed by atoms with Gasteiger partial charge in [-0.3, -0.25) is 19.2 Å². The van der Waals surface area contributed by atoms with Gasteiger partial charge in [-0.1, -0.05) is 48.5 Å². The SMILES string of the molecule is O=C(NCc1ccccc1)C(O)[C@H](C[C@@H]1CCNC1=O)NC(=O)[C@@H]1CCCN1C(=O)c1cc2ccccc2[nH]1. The van der Waals surface area contributed by atoms with Gasteiger partial charge in [0.25, 0.3) is 11.8 Å². The van der Waals surface area contributed by atoms with E-state index < -0.39 is 35.9 Å². The molecule has 4 atom stereocenters. The van der Waals surface area contributed by atoms with Gasteiger partial charge in [-0.15, -0.1) is 0 Å². The van der Waals surface area contributed by atoms with Crippen LogP contribution in [0.4, 0.5) is 0 Å². The molecule has 3 heterocycles. The van der Waals surface area contributed by atoms with Crippen LogP contribution in [0.1, 0.15) is 41.7 Å². The molecule has 2 fully saturated rings. The molecule has 0 bridgehead atoms. The highest BCUT2D eigenvalue weighted by Crippen LogP contribution is 2.24. The molecule has 0 saturated carbocycles. The fourth-order valence-electron chi connectivity index (χ4n) is 5.42. The number of likely N-dealkylation sites (tertiary alicyclic amines) is 1. The van der Waals surface area contributed by atoms with Gasteiger partial charge in [0.2, 0.25) is 11.8 Å². The number of amides is 4. The standard InChI is InChI=1S/C29H33N5O5/c35-25(28(38)31-17-18-7-2-1-3-8-18)22(16-20-12-13-30-26(20)36)33-27(37)24-11-6-14-34(24)29(39)23-15-19-9-4-5-10-21(19)32-23/h1-5,7-10,15,20,22,24-25,32,35H,6,11-14,16-17H2,(H,30,36)(H,31,38)(H,33,37)/t20-,22-,24-,25?/m0/s1. The molecule has 0 spiro atoms. The van der Waals surface area contributed by atoms with Crippen molar-refractivity contribution < 1.29 is 24.3 Å². The Morgan fingerprint density at radius 2 is 1.82 bits per heavy atom. The predicted octanol–water partition coefficient (Wildman–Crippen LogP) is 1.46. The molecule has 0 aliphatic carbocycles. The summed E-state index contributed by atoms with van der Waals surface area (Å²) >= 11 is 0. The van der Waals surface area contributed by atoms with E-state index in [9.17, 15) is 24.3 Å². The molecule has 2 saturated heterocycles. The first-order valence-electron chi connectivity index (χ1n) is 13.4. The Labute approximate surface area is 226 Å². The van der Waals surface area contributed by atoms with Crippen LogP contribution in [0.15, 0.2) is 60.7 Å². The molecule has 204 valence electrons. The summed E-state index contributed by atoms with van der Waals surface area (Å²) < 4.78 is 0. The summed E-state index contributed by atoms with van der Waals surface area (Å²) in [5.74, 6) is -1.96. The number of rotatable bonds is 9. The summed E-state index contributed by atoms with van der Waals surface area (Å²) in [5, 5.41) is 20.2. The van der Waals surface area contributed by atoms with Crippen LogP contribution in [0, 0.1) is 5.92 Å². The van der Waals surface area contributed by atoms with Crippen molar-refractivity contribution in [2.45, 2.75) is 50.4 Å². The van der Waals surface area contributed by atoms with Gasteiger partial charge in [0.05, 0.1) is 6.04 Å². The van der Waals surface area contributed by atoms with Crippen molar-refractivity contribution in [3.8, 4) is 0 Å². The minimum absolute atomic E-state index is 0.111. The van der Waals surface area contributed by atoms with E-state index >= 15 is 0 Å². The highest BCUT2D eigenvalue weighted by molar-refractivity contribution is 6.00. The Bertz CT molecular complexity index is 1320. The predicted molar refractivity (Wildman–Crippen MR) is 144 cm³/mol. The monoisotopic (exact) mass is 531 g/mol. The Kier molecular flexibility index (Phi) is 7.92. The van der Waals surface area contributed by atoms with Crippen LogP contribution in [0.3, 0.4) is 0 Å². The van der Waals surface area contributed by atoms with Gasteiger partial charge >= 0.3 is 0 Å². The van der Waals surface area contributed by atoms with Gasteiger partial charge in [-0.2, -0.15) is 0 Å². The molecule has 0 radical (unpaired) electrons. The third kappa shape index (κ3) is 5.96. The largest absolute Gasteiger partial charge is 0.381 e. The van der Waals surface area contributed by atoms with E-state index in [4.69, 9.17) is 0 Å². The zero-order valence-corrected chi connectivity index (χ0v) is 21.6. The molecule has 2 aromatic carbocycles. The molecule has 1 aromatic heterocycles. The Morgan fingerprint density at radius 1 is 1.05 bits per heavy atom. The zero-order valence-electron chi connectivity index (χ0n) is 21.6. The lowest BCUT2D eigenvalue weighted by molar-refractivity contribution is -0.134. The highest BCUT2D eigenvalue weighted by atomic mass is 16.3. The van der Waals surface area contributed by atoms with Gasteiger partial charge < -0.3 is 30.9 Å². The van der Waals surface area contributed by atoms with Crippen LogP contribution in [0.5, 0.6) is 0 Å². The molecule has 2 aliphatic rings. The lowest BCUT2D eigenvalue weighted by Crippen LogP contribution is -2.55. The molecule has 2 aliphatic heterocycles. The van der Waals surface area contributed by atoms with E-state index in [1.54, 1.807) is 6.07 Å². The fraction of sp³-hybridized carbons (Fsp3) is 0.379. The summed E-state index contributed by atoms with van der Waals surface area (Å²) in [6.07, 6.45) is 0.216. The normalized spacial score (nSPS) is 20.4. The number of benzene rings is 2. The number of hydrogen-bond donors (Lipinski definition) is 5. The first-order chi connectivity index (χ1) is 18.9. The summed E-state index contributed by atoms with van der Waals surface area (Å²) in [5.41, 5.74) is 2.10. The minimum atomic E-state index is -1.56. The molecule has 10 heteroatoms. The van der Waals surface area contributed by atoms with E-state index in [1.807, 2.05) is 54.6 Å². The van der Waals surface area contributed by atoms with Crippen LogP contribution >= 0.6 is 0 Å². The number of aliphatic hydroxyl groups is 1. The number of carbonyl (C=O) groups is 4. The lowest BCUT2D eigenvalue weighted by Gasteiger charge is -2.29. The lowest BCUT2D eigenvalue weighted by atomic mass is 9.94. The number of hydrogen-bond acceptors (Lipinski definition) is 5. The minimum Gasteiger partial charge on any atom is -0.381 e. The second kappa shape index (κ2) is 11.7. The molecule has 5 rings (SSSR count). The van der Waals surface area contributed by atoms with E-state index in [2.05, 4.69) is 20.9 Å². The van der Waals surface area contributed by atoms with Crippen molar-refractivity contribution in [3.63, 3.8) is 0 Å². The smallest absolute Gasteiger partial charge is 0.270 e. The molecule has 5 N–H and O–H groups in total. The molecular weight excluding hydrogens is 498 g/mol. The van der Waals surface area contributed by atoms with Crippen LogP contribution in [0.2, 0.25) is 0 Å². The zero-order chi connectivity index (χ0) is 27.4. The number of para-hydroxylation sites is 1. The van der Waals surface area contributed by atoms with Crippen molar-refractivity contribution in [1.82, 2.24) is 25.8 Å². The fourth-order valence-corrected chi connectivity index (χ4v) is 5.42. The van der Waals surface area contributed by atoms with Crippen molar-refractivity contribution in [3.05, 3.63) is 71.9 Å². The van der Waals surface area contributed by atoms with Crippen LogP contribution in [-0.4, -0.2) is 69.9 Å². The van der Waals surface area contributed by atoms with E-state index in [1.165, 1.54) is 4.90 Å². The van der Waals surface area contributed by atoms with E-state index in [-0.39, 0.29) is 24.8 Å². The third-order valence-electron chi connectivity index (χ3n) is 7.56. The number of aliphatic hydroxyl groups excluding tert-OH is 1. The first-order valence-corrected chi connectivity index (χ1v) is 13.4. The van der Waals surface area contributed by atoms with Crippen molar-refractivity contribution in [2.75, 3.05) is 13.1 Å². The number of H-pyrrole nitrogens is 1. The molecule has 10 nitrogen and oxygen atoms in total. The number of aromatic nitrogens is 1. The quantitative estimate of drug-likeness (QED) is 0.284. The number of carbonyl (C=O) groups excluding carboxylic acids is 4. The maximum Gasteiger partial charge on any atom is 0.270 e. The average Bonchev–Trinajstić information content (AvgIpc) is 3.71. The summed E-state index contributed by atoms with van der Waals surface area (Å²) in [6, 6.07) is 16.9. The van der Waals surface area contributed by atoms with Crippen molar-refractivity contribution >= 4 is 34.5 Å². The number of fused-ring (bicyclic) bond motifs is 1. The van der Waals surface area contributed by atoms with Crippen LogP contribution in [0.25, 0.3) is 10.9 Å². The second-order valence-electron chi connectivity index (χ2n) is 10.2. The van der Waals surface area contributed by atoms with Gasteiger partial charge in [-0.05, 0) is 43.4 Å². The number of nitrogens with zero attached hydrogens (tertiary/aromatic N) is 1. The Hall–Kier alpha value is -4.18. The summed E-state index contributed by atoms with van der Waals surface area (Å²) in [4.78, 5) is 56.6. The van der Waals surface area contributed by atoms with Gasteiger partial charge in [0.15, 0.2) is 6.10 Å². The maximum atomic E-state index is 13.5. The molecule has 4 amide bonds. The topological polar surface area (TPSA) is 144 Å². The van der Waals surface area contributed by atoms with Gasteiger partial charge in [0.1, 0.15) is 11.7 Å². The van der Waals surface area contributed by atoms with Crippen molar-refractivity contribution in [2.24, 2.45) is 5.92 Å². The van der Waals surface area contributed by atoms with Crippen LogP contribution < -0.4 is 16.0 Å². The maximum absolute atomic E-state index is 13.5. The molecule has 39 heavy (non-hydrogen) atoms. The molecule has 1 unspecified atom stereocenters.